The number of hydrogen-bond acceptors (Lipinski definition) is 3. The molecule has 1 N–H and O–H groups in total. The van der Waals surface area contributed by atoms with Gasteiger partial charge in [-0.25, -0.2) is 0 Å². The van der Waals surface area contributed by atoms with Gasteiger partial charge in [-0.2, -0.15) is 0 Å². The maximum absolute atomic E-state index is 11.3. The summed E-state index contributed by atoms with van der Waals surface area (Å²) in [5.74, 6) is -0.449. The molecule has 0 saturated carbocycles. The predicted molar refractivity (Wildman–Crippen MR) is 44.2 cm³/mol. The Morgan fingerprint density at radius 2 is 1.92 bits per heavy atom. The lowest BCUT2D eigenvalue weighted by molar-refractivity contribution is -0.136. The van der Waals surface area contributed by atoms with E-state index in [2.05, 4.69) is 5.32 Å². The monoisotopic (exact) mass is 168 g/mol. The number of imide groups is 1. The normalized spacial score (nSPS) is 17.8. The molecule has 0 radical (unpaired) electrons. The van der Waals surface area contributed by atoms with Crippen molar-refractivity contribution in [1.29, 1.82) is 0 Å². The van der Waals surface area contributed by atoms with E-state index in [1.165, 1.54) is 7.05 Å². The van der Waals surface area contributed by atoms with Crippen molar-refractivity contribution in [3.63, 3.8) is 0 Å². The molecular formula is C8H12N2O2. The van der Waals surface area contributed by atoms with E-state index in [9.17, 15) is 9.59 Å². The molecule has 0 saturated heterocycles. The van der Waals surface area contributed by atoms with Crippen molar-refractivity contribution in [2.75, 3.05) is 13.6 Å². The minimum atomic E-state index is -0.237. The first-order valence-electron chi connectivity index (χ1n) is 3.86. The predicted octanol–water partition coefficient (Wildman–Crippen LogP) is -0.132. The fourth-order valence-electron chi connectivity index (χ4n) is 1.16. The summed E-state index contributed by atoms with van der Waals surface area (Å²) in [6.45, 7) is 4.19. The summed E-state index contributed by atoms with van der Waals surface area (Å²) in [6.07, 6.45) is 0. The second kappa shape index (κ2) is 2.97. The van der Waals surface area contributed by atoms with Gasteiger partial charge in [-0.15, -0.1) is 0 Å². The largest absolute Gasteiger partial charge is 0.380 e. The van der Waals surface area contributed by atoms with E-state index in [1.54, 1.807) is 6.92 Å². The zero-order valence-electron chi connectivity index (χ0n) is 7.47. The van der Waals surface area contributed by atoms with Crippen molar-refractivity contribution in [3.05, 3.63) is 11.3 Å². The minimum absolute atomic E-state index is 0.212. The standard InChI is InChI=1S/C8H12N2O2/c1-4-9-6-5(2)7(11)10(3)8(6)12/h9H,4H2,1-3H3. The SMILES string of the molecule is CCNC1=C(C)C(=O)N(C)C1=O. The highest BCUT2D eigenvalue weighted by atomic mass is 16.2. The molecule has 0 aromatic carbocycles. The molecule has 0 spiro atoms. The molecule has 4 heteroatoms. The highest BCUT2D eigenvalue weighted by Crippen LogP contribution is 2.15. The van der Waals surface area contributed by atoms with Gasteiger partial charge in [-0.1, -0.05) is 0 Å². The van der Waals surface area contributed by atoms with Crippen LogP contribution in [-0.4, -0.2) is 30.3 Å². The number of likely N-dealkylation sites (N-methyl/N-ethyl adjacent to an activating group) is 2. The van der Waals surface area contributed by atoms with Gasteiger partial charge in [0.1, 0.15) is 5.70 Å². The molecule has 0 aromatic rings. The Kier molecular flexibility index (Phi) is 2.17. The van der Waals surface area contributed by atoms with Gasteiger partial charge in [0.05, 0.1) is 0 Å². The molecule has 0 unspecified atom stereocenters. The molecule has 0 aliphatic carbocycles. The van der Waals surface area contributed by atoms with Gasteiger partial charge in [0.2, 0.25) is 0 Å². The number of carbonyl (C=O) groups is 2. The van der Waals surface area contributed by atoms with Gasteiger partial charge >= 0.3 is 0 Å². The van der Waals surface area contributed by atoms with Crippen LogP contribution in [0.2, 0.25) is 0 Å². The van der Waals surface area contributed by atoms with Gasteiger partial charge in [0, 0.05) is 19.2 Å². The van der Waals surface area contributed by atoms with Crippen LogP contribution >= 0.6 is 0 Å². The molecule has 2 amide bonds. The highest BCUT2D eigenvalue weighted by molar-refractivity contribution is 6.18. The second-order valence-electron chi connectivity index (χ2n) is 2.70. The van der Waals surface area contributed by atoms with Crippen molar-refractivity contribution >= 4 is 11.8 Å². The van der Waals surface area contributed by atoms with E-state index < -0.39 is 0 Å². The number of rotatable bonds is 2. The first-order valence-corrected chi connectivity index (χ1v) is 3.86. The zero-order valence-corrected chi connectivity index (χ0v) is 7.47. The number of nitrogens with one attached hydrogen (secondary N) is 1. The Hall–Kier alpha value is -1.32. The fraction of sp³-hybridized carbons (Fsp3) is 0.500. The molecule has 12 heavy (non-hydrogen) atoms. The Morgan fingerprint density at radius 3 is 2.25 bits per heavy atom. The summed E-state index contributed by atoms with van der Waals surface area (Å²) in [5, 5.41) is 2.87. The summed E-state index contributed by atoms with van der Waals surface area (Å²) in [5.41, 5.74) is 0.939. The Labute approximate surface area is 71.2 Å². The molecule has 66 valence electrons. The number of hydrogen-bond donors (Lipinski definition) is 1. The Balaban J connectivity index is 2.96. The van der Waals surface area contributed by atoms with Crippen LogP contribution in [0.5, 0.6) is 0 Å². The van der Waals surface area contributed by atoms with E-state index in [-0.39, 0.29) is 11.8 Å². The molecule has 0 atom stereocenters. The van der Waals surface area contributed by atoms with E-state index >= 15 is 0 Å². The third-order valence-electron chi connectivity index (χ3n) is 1.87. The smallest absolute Gasteiger partial charge is 0.277 e. The van der Waals surface area contributed by atoms with Gasteiger partial charge in [0.15, 0.2) is 0 Å². The van der Waals surface area contributed by atoms with Crippen molar-refractivity contribution in [2.45, 2.75) is 13.8 Å². The molecule has 0 aromatic heterocycles. The molecule has 0 bridgehead atoms. The van der Waals surface area contributed by atoms with Crippen LogP contribution in [0, 0.1) is 0 Å². The maximum atomic E-state index is 11.3. The lowest BCUT2D eigenvalue weighted by Gasteiger charge is -2.06. The average molecular weight is 168 g/mol. The van der Waals surface area contributed by atoms with Crippen LogP contribution in [0.1, 0.15) is 13.8 Å². The van der Waals surface area contributed by atoms with Crippen molar-refractivity contribution in [3.8, 4) is 0 Å². The van der Waals surface area contributed by atoms with Crippen LogP contribution in [0.15, 0.2) is 11.3 Å². The van der Waals surface area contributed by atoms with E-state index in [0.29, 0.717) is 17.8 Å². The molecule has 1 heterocycles. The summed E-state index contributed by atoms with van der Waals surface area (Å²) >= 11 is 0. The molecule has 1 aliphatic heterocycles. The molecular weight excluding hydrogens is 156 g/mol. The average Bonchev–Trinajstić information content (AvgIpc) is 2.23. The lowest BCUT2D eigenvalue weighted by Crippen LogP contribution is -2.29. The lowest BCUT2D eigenvalue weighted by atomic mass is 10.2. The number of carbonyl (C=O) groups excluding carboxylic acids is 2. The van der Waals surface area contributed by atoms with Gasteiger partial charge in [-0.05, 0) is 13.8 Å². The molecule has 1 rings (SSSR count). The maximum Gasteiger partial charge on any atom is 0.277 e. The molecule has 1 aliphatic rings. The van der Waals surface area contributed by atoms with Crippen LogP contribution in [0.4, 0.5) is 0 Å². The third kappa shape index (κ3) is 1.09. The fourth-order valence-corrected chi connectivity index (χ4v) is 1.16. The summed E-state index contributed by atoms with van der Waals surface area (Å²) < 4.78 is 0. The van der Waals surface area contributed by atoms with Crippen LogP contribution in [0.3, 0.4) is 0 Å². The van der Waals surface area contributed by atoms with Crippen LogP contribution < -0.4 is 5.32 Å². The Morgan fingerprint density at radius 1 is 1.33 bits per heavy atom. The minimum Gasteiger partial charge on any atom is -0.380 e. The summed E-state index contributed by atoms with van der Waals surface area (Å²) in [4.78, 5) is 23.6. The number of amides is 2. The van der Waals surface area contributed by atoms with Crippen molar-refractivity contribution in [2.24, 2.45) is 0 Å². The van der Waals surface area contributed by atoms with Gasteiger partial charge in [0.25, 0.3) is 11.8 Å². The zero-order chi connectivity index (χ0) is 9.30. The van der Waals surface area contributed by atoms with Crippen LogP contribution in [-0.2, 0) is 9.59 Å². The summed E-state index contributed by atoms with van der Waals surface area (Å²) in [7, 11) is 1.48. The van der Waals surface area contributed by atoms with Crippen molar-refractivity contribution in [1.82, 2.24) is 10.2 Å². The third-order valence-corrected chi connectivity index (χ3v) is 1.87. The van der Waals surface area contributed by atoms with Gasteiger partial charge < -0.3 is 5.32 Å². The topological polar surface area (TPSA) is 49.4 Å². The van der Waals surface area contributed by atoms with Crippen molar-refractivity contribution < 1.29 is 9.59 Å². The highest BCUT2D eigenvalue weighted by Gasteiger charge is 2.32. The van der Waals surface area contributed by atoms with E-state index in [1.807, 2.05) is 6.92 Å². The molecule has 4 nitrogen and oxygen atoms in total. The number of nitrogens with zero attached hydrogens (tertiary/aromatic N) is 1. The quantitative estimate of drug-likeness (QED) is 0.584. The van der Waals surface area contributed by atoms with Crippen LogP contribution in [0.25, 0.3) is 0 Å². The second-order valence-corrected chi connectivity index (χ2v) is 2.70. The first-order chi connectivity index (χ1) is 5.59. The van der Waals surface area contributed by atoms with E-state index in [0.717, 1.165) is 4.90 Å². The van der Waals surface area contributed by atoms with E-state index in [4.69, 9.17) is 0 Å². The summed E-state index contributed by atoms with van der Waals surface area (Å²) in [6, 6.07) is 0. The Bertz CT molecular complexity index is 268. The molecule has 0 fully saturated rings. The van der Waals surface area contributed by atoms with Gasteiger partial charge in [-0.3, -0.25) is 14.5 Å². The first kappa shape index (κ1) is 8.77.